The topological polar surface area (TPSA) is 57.5 Å². The summed E-state index contributed by atoms with van der Waals surface area (Å²) in [4.78, 5) is 11.2. The van der Waals surface area contributed by atoms with E-state index < -0.39 is 7.12 Å². The smallest absolute Gasteiger partial charge is 0.423 e. The van der Waals surface area contributed by atoms with E-state index in [-0.39, 0.29) is 11.7 Å². The SMILES string of the molecule is CC(C)C1CC(=O)C=C(B(O)O)C1. The van der Waals surface area contributed by atoms with Gasteiger partial charge in [-0.05, 0) is 29.8 Å². The number of rotatable bonds is 2. The molecule has 0 radical (unpaired) electrons. The van der Waals surface area contributed by atoms with Gasteiger partial charge in [-0.15, -0.1) is 0 Å². The highest BCUT2D eigenvalue weighted by atomic mass is 16.4. The van der Waals surface area contributed by atoms with Gasteiger partial charge in [0.15, 0.2) is 5.78 Å². The van der Waals surface area contributed by atoms with E-state index in [0.29, 0.717) is 24.2 Å². The summed E-state index contributed by atoms with van der Waals surface area (Å²) in [5, 5.41) is 17.9. The lowest BCUT2D eigenvalue weighted by atomic mass is 9.68. The fourth-order valence-corrected chi connectivity index (χ4v) is 1.61. The van der Waals surface area contributed by atoms with Gasteiger partial charge in [-0.2, -0.15) is 0 Å². The molecule has 1 unspecified atom stereocenters. The molecule has 0 saturated carbocycles. The molecule has 1 aliphatic rings. The zero-order valence-electron chi connectivity index (χ0n) is 8.03. The molecule has 0 bridgehead atoms. The minimum absolute atomic E-state index is 0.00745. The predicted octanol–water partition coefficient (Wildman–Crippen LogP) is 0.560. The summed E-state index contributed by atoms with van der Waals surface area (Å²) in [6.07, 6.45) is 2.53. The Morgan fingerprint density at radius 1 is 1.46 bits per heavy atom. The number of carbonyl (C=O) groups is 1. The van der Waals surface area contributed by atoms with Crippen molar-refractivity contribution in [2.75, 3.05) is 0 Å². The average Bonchev–Trinajstić information content (AvgIpc) is 2.03. The maximum atomic E-state index is 11.2. The lowest BCUT2D eigenvalue weighted by molar-refractivity contribution is -0.116. The summed E-state index contributed by atoms with van der Waals surface area (Å²) in [5.74, 6) is 0.675. The van der Waals surface area contributed by atoms with Crippen LogP contribution in [0.5, 0.6) is 0 Å². The first kappa shape index (κ1) is 10.5. The van der Waals surface area contributed by atoms with E-state index in [1.54, 1.807) is 0 Å². The van der Waals surface area contributed by atoms with Gasteiger partial charge < -0.3 is 10.0 Å². The molecular formula is C9H15BO3. The van der Waals surface area contributed by atoms with Crippen molar-refractivity contribution >= 4 is 12.9 Å². The fraction of sp³-hybridized carbons (Fsp3) is 0.667. The number of hydrogen-bond donors (Lipinski definition) is 2. The summed E-state index contributed by atoms with van der Waals surface area (Å²) in [5.41, 5.74) is 0.454. The van der Waals surface area contributed by atoms with Gasteiger partial charge in [-0.1, -0.05) is 13.8 Å². The molecule has 2 N–H and O–H groups in total. The third-order valence-corrected chi connectivity index (χ3v) is 2.58. The molecule has 1 atom stereocenters. The molecule has 1 aliphatic carbocycles. The van der Waals surface area contributed by atoms with E-state index in [1.807, 2.05) is 13.8 Å². The second-order valence-electron chi connectivity index (χ2n) is 3.97. The van der Waals surface area contributed by atoms with Crippen LogP contribution < -0.4 is 0 Å². The van der Waals surface area contributed by atoms with Gasteiger partial charge in [0.05, 0.1) is 0 Å². The number of hydrogen-bond acceptors (Lipinski definition) is 3. The largest absolute Gasteiger partial charge is 0.484 e. The van der Waals surface area contributed by atoms with Crippen LogP contribution in [0.1, 0.15) is 26.7 Å². The minimum atomic E-state index is -1.47. The third-order valence-electron chi connectivity index (χ3n) is 2.58. The molecule has 0 aromatic carbocycles. The Morgan fingerprint density at radius 3 is 2.54 bits per heavy atom. The Bertz CT molecular complexity index is 233. The minimum Gasteiger partial charge on any atom is -0.423 e. The van der Waals surface area contributed by atoms with Gasteiger partial charge in [0.2, 0.25) is 0 Å². The normalized spacial score (nSPS) is 23.3. The molecule has 0 aromatic heterocycles. The molecule has 0 amide bonds. The van der Waals surface area contributed by atoms with Crippen LogP contribution in [0.2, 0.25) is 0 Å². The number of carbonyl (C=O) groups excluding carboxylic acids is 1. The quantitative estimate of drug-likeness (QED) is 0.613. The van der Waals surface area contributed by atoms with E-state index in [4.69, 9.17) is 10.0 Å². The molecule has 0 saturated heterocycles. The van der Waals surface area contributed by atoms with E-state index in [1.165, 1.54) is 6.08 Å². The molecule has 1 rings (SSSR count). The molecule has 0 aromatic rings. The molecule has 4 heteroatoms. The molecular weight excluding hydrogens is 167 g/mol. The summed E-state index contributed by atoms with van der Waals surface area (Å²) in [6, 6.07) is 0. The van der Waals surface area contributed by atoms with Crippen LogP contribution in [0.25, 0.3) is 0 Å². The van der Waals surface area contributed by atoms with Crippen molar-refractivity contribution in [3.05, 3.63) is 11.5 Å². The van der Waals surface area contributed by atoms with Gasteiger partial charge in [-0.3, -0.25) is 4.79 Å². The van der Waals surface area contributed by atoms with Crippen molar-refractivity contribution in [3.8, 4) is 0 Å². The summed E-state index contributed by atoms with van der Waals surface area (Å²) in [7, 11) is -1.47. The predicted molar refractivity (Wildman–Crippen MR) is 50.8 cm³/mol. The van der Waals surface area contributed by atoms with Gasteiger partial charge >= 0.3 is 7.12 Å². The fourth-order valence-electron chi connectivity index (χ4n) is 1.61. The van der Waals surface area contributed by atoms with Gasteiger partial charge in [-0.25, -0.2) is 0 Å². The molecule has 0 aliphatic heterocycles. The lowest BCUT2D eigenvalue weighted by Crippen LogP contribution is -2.26. The maximum absolute atomic E-state index is 11.2. The van der Waals surface area contributed by atoms with Crippen molar-refractivity contribution in [1.82, 2.24) is 0 Å². The van der Waals surface area contributed by atoms with Crippen LogP contribution in [0.4, 0.5) is 0 Å². The Hall–Kier alpha value is -0.605. The van der Waals surface area contributed by atoms with Crippen LogP contribution in [0, 0.1) is 11.8 Å². The lowest BCUT2D eigenvalue weighted by Gasteiger charge is -2.24. The molecule has 72 valence electrons. The van der Waals surface area contributed by atoms with E-state index >= 15 is 0 Å². The van der Waals surface area contributed by atoms with Gasteiger partial charge in [0.25, 0.3) is 0 Å². The van der Waals surface area contributed by atoms with Crippen LogP contribution in [0.15, 0.2) is 11.5 Å². The first-order valence-corrected chi connectivity index (χ1v) is 4.60. The van der Waals surface area contributed by atoms with Crippen LogP contribution in [-0.4, -0.2) is 22.9 Å². The third kappa shape index (κ3) is 2.67. The van der Waals surface area contributed by atoms with Crippen LogP contribution in [-0.2, 0) is 4.79 Å². The van der Waals surface area contributed by atoms with Crippen molar-refractivity contribution in [2.45, 2.75) is 26.7 Å². The Kier molecular flexibility index (Phi) is 3.28. The highest BCUT2D eigenvalue weighted by Gasteiger charge is 2.27. The molecule has 3 nitrogen and oxygen atoms in total. The van der Waals surface area contributed by atoms with E-state index in [0.717, 1.165) is 0 Å². The molecule has 13 heavy (non-hydrogen) atoms. The van der Waals surface area contributed by atoms with Crippen LogP contribution >= 0.6 is 0 Å². The number of allylic oxidation sites excluding steroid dienone is 2. The maximum Gasteiger partial charge on any atom is 0.484 e. The van der Waals surface area contributed by atoms with Crippen molar-refractivity contribution in [2.24, 2.45) is 11.8 Å². The van der Waals surface area contributed by atoms with Gasteiger partial charge in [0.1, 0.15) is 0 Å². The van der Waals surface area contributed by atoms with Gasteiger partial charge in [0, 0.05) is 6.42 Å². The van der Waals surface area contributed by atoms with E-state index in [9.17, 15) is 4.79 Å². The van der Waals surface area contributed by atoms with Crippen molar-refractivity contribution in [3.63, 3.8) is 0 Å². The second-order valence-corrected chi connectivity index (χ2v) is 3.97. The Balaban J connectivity index is 2.73. The van der Waals surface area contributed by atoms with E-state index in [2.05, 4.69) is 0 Å². The monoisotopic (exact) mass is 182 g/mol. The summed E-state index contributed by atoms with van der Waals surface area (Å²) < 4.78 is 0. The Morgan fingerprint density at radius 2 is 2.08 bits per heavy atom. The second kappa shape index (κ2) is 4.07. The summed E-state index contributed by atoms with van der Waals surface area (Å²) in [6.45, 7) is 4.09. The number of ketones is 1. The zero-order chi connectivity index (χ0) is 10.0. The first-order chi connectivity index (χ1) is 6.00. The highest BCUT2D eigenvalue weighted by molar-refractivity contribution is 6.51. The average molecular weight is 182 g/mol. The first-order valence-electron chi connectivity index (χ1n) is 4.60. The van der Waals surface area contributed by atoms with Crippen molar-refractivity contribution in [1.29, 1.82) is 0 Å². The zero-order valence-corrected chi connectivity index (χ0v) is 8.03. The highest BCUT2D eigenvalue weighted by Crippen LogP contribution is 2.28. The molecule has 0 heterocycles. The van der Waals surface area contributed by atoms with Crippen molar-refractivity contribution < 1.29 is 14.8 Å². The Labute approximate surface area is 78.6 Å². The van der Waals surface area contributed by atoms with Crippen LogP contribution in [0.3, 0.4) is 0 Å². The summed E-state index contributed by atoms with van der Waals surface area (Å²) >= 11 is 0. The molecule has 0 fully saturated rings. The molecule has 0 spiro atoms. The standard InChI is InChI=1S/C9H15BO3/c1-6(2)7-3-8(10(12)13)5-9(11)4-7/h5-7,12-13H,3-4H2,1-2H3.